The van der Waals surface area contributed by atoms with Gasteiger partial charge in [0.25, 0.3) is 0 Å². The van der Waals surface area contributed by atoms with E-state index in [1.165, 1.54) is 5.69 Å². The van der Waals surface area contributed by atoms with Crippen LogP contribution in [0.15, 0.2) is 30.3 Å². The maximum Gasteiger partial charge on any atom is 0.227 e. The lowest BCUT2D eigenvalue weighted by Crippen LogP contribution is -2.52. The van der Waals surface area contributed by atoms with E-state index in [2.05, 4.69) is 17.0 Å². The first-order chi connectivity index (χ1) is 9.09. The van der Waals surface area contributed by atoms with Crippen molar-refractivity contribution in [3.8, 4) is 0 Å². The molecule has 1 aromatic rings. The van der Waals surface area contributed by atoms with Gasteiger partial charge in [-0.25, -0.2) is 0 Å². The van der Waals surface area contributed by atoms with Crippen LogP contribution in [0.4, 0.5) is 5.69 Å². The van der Waals surface area contributed by atoms with Crippen LogP contribution >= 0.6 is 24.8 Å². The number of amides is 1. The van der Waals surface area contributed by atoms with Gasteiger partial charge in [-0.3, -0.25) is 4.79 Å². The van der Waals surface area contributed by atoms with Gasteiger partial charge in [-0.1, -0.05) is 25.1 Å². The Balaban J connectivity index is 0.00000200. The molecule has 4 nitrogen and oxygen atoms in total. The average Bonchev–Trinajstić information content (AvgIpc) is 2.46. The second kappa shape index (κ2) is 9.13. The van der Waals surface area contributed by atoms with Crippen molar-refractivity contribution in [2.24, 2.45) is 11.7 Å². The molecule has 0 radical (unpaired) electrons. The van der Waals surface area contributed by atoms with E-state index >= 15 is 0 Å². The Bertz CT molecular complexity index is 420. The minimum atomic E-state index is -0.0942. The number of piperazine rings is 1. The molecule has 1 aliphatic rings. The number of benzene rings is 1. The molecule has 2 unspecified atom stereocenters. The van der Waals surface area contributed by atoms with E-state index in [0.29, 0.717) is 0 Å². The van der Waals surface area contributed by atoms with Gasteiger partial charge >= 0.3 is 0 Å². The number of carbonyl (C=O) groups excluding carboxylic acids is 1. The molecule has 2 N–H and O–H groups in total. The molecule has 1 aromatic carbocycles. The summed E-state index contributed by atoms with van der Waals surface area (Å²) in [6.07, 6.45) is 0. The van der Waals surface area contributed by atoms with Gasteiger partial charge in [0.2, 0.25) is 5.91 Å². The topological polar surface area (TPSA) is 49.6 Å². The van der Waals surface area contributed by atoms with Crippen molar-refractivity contribution in [3.63, 3.8) is 0 Å². The van der Waals surface area contributed by atoms with Gasteiger partial charge in [-0.15, -0.1) is 24.8 Å². The molecule has 1 heterocycles. The largest absolute Gasteiger partial charge is 0.368 e. The van der Waals surface area contributed by atoms with Crippen LogP contribution in [0.2, 0.25) is 0 Å². The maximum atomic E-state index is 12.2. The van der Waals surface area contributed by atoms with Gasteiger partial charge in [0, 0.05) is 37.9 Å². The van der Waals surface area contributed by atoms with E-state index in [4.69, 9.17) is 5.73 Å². The van der Waals surface area contributed by atoms with E-state index in [-0.39, 0.29) is 42.7 Å². The third-order valence-electron chi connectivity index (χ3n) is 3.89. The van der Waals surface area contributed by atoms with E-state index in [0.717, 1.165) is 26.2 Å². The van der Waals surface area contributed by atoms with Gasteiger partial charge in [0.05, 0.1) is 5.92 Å². The number of halogens is 2. The Kier molecular flexibility index (Phi) is 8.71. The predicted molar refractivity (Wildman–Crippen MR) is 92.5 cm³/mol. The molecule has 0 spiro atoms. The highest BCUT2D eigenvalue weighted by Crippen LogP contribution is 2.17. The van der Waals surface area contributed by atoms with Crippen molar-refractivity contribution in [1.29, 1.82) is 0 Å². The first kappa shape index (κ1) is 20.0. The van der Waals surface area contributed by atoms with Crippen molar-refractivity contribution in [3.05, 3.63) is 30.3 Å². The summed E-state index contributed by atoms with van der Waals surface area (Å²) in [5.74, 6) is 0.0889. The van der Waals surface area contributed by atoms with Crippen LogP contribution in [-0.2, 0) is 4.79 Å². The molecule has 0 saturated carbocycles. The summed E-state index contributed by atoms with van der Waals surface area (Å²) in [7, 11) is 0. The smallest absolute Gasteiger partial charge is 0.227 e. The lowest BCUT2D eigenvalue weighted by Gasteiger charge is -2.37. The fourth-order valence-corrected chi connectivity index (χ4v) is 2.34. The normalized spacial score (nSPS) is 17.3. The molecule has 0 aromatic heterocycles. The van der Waals surface area contributed by atoms with E-state index < -0.39 is 0 Å². The number of anilines is 1. The first-order valence-electron chi connectivity index (χ1n) is 6.94. The van der Waals surface area contributed by atoms with Gasteiger partial charge in [0.15, 0.2) is 0 Å². The van der Waals surface area contributed by atoms with Gasteiger partial charge in [-0.2, -0.15) is 0 Å². The fraction of sp³-hybridized carbons (Fsp3) is 0.533. The number of rotatable bonds is 3. The number of para-hydroxylation sites is 1. The van der Waals surface area contributed by atoms with E-state index in [9.17, 15) is 4.79 Å². The lowest BCUT2D eigenvalue weighted by molar-refractivity contribution is -0.135. The molecule has 0 aliphatic carbocycles. The molecule has 1 amide bonds. The number of hydrogen-bond donors (Lipinski definition) is 1. The molecule has 0 bridgehead atoms. The maximum absolute atomic E-state index is 12.2. The van der Waals surface area contributed by atoms with Crippen LogP contribution in [-0.4, -0.2) is 43.0 Å². The van der Waals surface area contributed by atoms with Crippen LogP contribution in [0, 0.1) is 5.92 Å². The molecule has 120 valence electrons. The second-order valence-electron chi connectivity index (χ2n) is 5.30. The number of carbonyl (C=O) groups is 1. The molecular formula is C15H25Cl2N3O. The molecule has 1 fully saturated rings. The van der Waals surface area contributed by atoms with Gasteiger partial charge in [-0.05, 0) is 19.1 Å². The van der Waals surface area contributed by atoms with E-state index in [1.807, 2.05) is 36.9 Å². The van der Waals surface area contributed by atoms with Crippen LogP contribution in [0.1, 0.15) is 13.8 Å². The zero-order chi connectivity index (χ0) is 13.8. The average molecular weight is 334 g/mol. The summed E-state index contributed by atoms with van der Waals surface area (Å²) in [5.41, 5.74) is 7.04. The van der Waals surface area contributed by atoms with Crippen LogP contribution in [0.5, 0.6) is 0 Å². The molecule has 2 atom stereocenters. The summed E-state index contributed by atoms with van der Waals surface area (Å²) in [4.78, 5) is 16.5. The predicted octanol–water partition coefficient (Wildman–Crippen LogP) is 2.16. The van der Waals surface area contributed by atoms with Crippen LogP contribution in [0.25, 0.3) is 0 Å². The molecule has 2 rings (SSSR count). The third-order valence-corrected chi connectivity index (χ3v) is 3.89. The molecule has 21 heavy (non-hydrogen) atoms. The van der Waals surface area contributed by atoms with Crippen molar-refractivity contribution >= 4 is 36.4 Å². The fourth-order valence-electron chi connectivity index (χ4n) is 2.34. The van der Waals surface area contributed by atoms with Gasteiger partial charge in [0.1, 0.15) is 0 Å². The summed E-state index contributed by atoms with van der Waals surface area (Å²) < 4.78 is 0. The molecule has 1 aliphatic heterocycles. The zero-order valence-corrected chi connectivity index (χ0v) is 14.2. The highest BCUT2D eigenvalue weighted by Gasteiger charge is 2.26. The SMILES string of the molecule is CC(N)C(C)C(=O)N1CCN(c2ccccc2)CC1.Cl.Cl. The number of hydrogen-bond acceptors (Lipinski definition) is 3. The van der Waals surface area contributed by atoms with Crippen LogP contribution < -0.4 is 10.6 Å². The van der Waals surface area contributed by atoms with Crippen molar-refractivity contribution in [2.75, 3.05) is 31.1 Å². The Morgan fingerprint density at radius 2 is 1.57 bits per heavy atom. The number of nitrogens with zero attached hydrogens (tertiary/aromatic N) is 2. The lowest BCUT2D eigenvalue weighted by atomic mass is 10.0. The van der Waals surface area contributed by atoms with Crippen molar-refractivity contribution < 1.29 is 4.79 Å². The molecule has 1 saturated heterocycles. The Morgan fingerprint density at radius 3 is 2.05 bits per heavy atom. The standard InChI is InChI=1S/C15H23N3O.2ClH/c1-12(13(2)16)15(19)18-10-8-17(9-11-18)14-6-4-3-5-7-14;;/h3-7,12-13H,8-11,16H2,1-2H3;2*1H. The van der Waals surface area contributed by atoms with Crippen molar-refractivity contribution in [1.82, 2.24) is 4.90 Å². The summed E-state index contributed by atoms with van der Waals surface area (Å²) in [6, 6.07) is 10.3. The minimum absolute atomic E-state index is 0. The quantitative estimate of drug-likeness (QED) is 0.922. The minimum Gasteiger partial charge on any atom is -0.368 e. The Labute approximate surface area is 139 Å². The summed E-state index contributed by atoms with van der Waals surface area (Å²) >= 11 is 0. The highest BCUT2D eigenvalue weighted by molar-refractivity contribution is 5.85. The molecule has 6 heteroatoms. The Morgan fingerprint density at radius 1 is 1.05 bits per heavy atom. The van der Waals surface area contributed by atoms with Gasteiger partial charge < -0.3 is 15.5 Å². The summed E-state index contributed by atoms with van der Waals surface area (Å²) in [6.45, 7) is 7.15. The van der Waals surface area contributed by atoms with E-state index in [1.54, 1.807) is 0 Å². The number of nitrogens with two attached hydrogens (primary N) is 1. The zero-order valence-electron chi connectivity index (χ0n) is 12.6. The first-order valence-corrected chi connectivity index (χ1v) is 6.94. The second-order valence-corrected chi connectivity index (χ2v) is 5.30. The Hall–Kier alpha value is -0.970. The van der Waals surface area contributed by atoms with Crippen molar-refractivity contribution in [2.45, 2.75) is 19.9 Å². The third kappa shape index (κ3) is 5.06. The van der Waals surface area contributed by atoms with Crippen LogP contribution in [0.3, 0.4) is 0 Å². The monoisotopic (exact) mass is 333 g/mol. The molecular weight excluding hydrogens is 309 g/mol. The summed E-state index contributed by atoms with van der Waals surface area (Å²) in [5, 5.41) is 0. The highest BCUT2D eigenvalue weighted by atomic mass is 35.5.